The van der Waals surface area contributed by atoms with E-state index in [2.05, 4.69) is 10.2 Å². The quantitative estimate of drug-likeness (QED) is 0.551. The van der Waals surface area contributed by atoms with E-state index in [1.165, 1.54) is 34.9 Å². The van der Waals surface area contributed by atoms with E-state index in [0.29, 0.717) is 22.4 Å². The maximum Gasteiger partial charge on any atom is 0.227 e. The van der Waals surface area contributed by atoms with Crippen LogP contribution in [0.3, 0.4) is 0 Å². The van der Waals surface area contributed by atoms with Gasteiger partial charge in [0.2, 0.25) is 5.91 Å². The van der Waals surface area contributed by atoms with Gasteiger partial charge in [-0.05, 0) is 31.2 Å². The van der Waals surface area contributed by atoms with Gasteiger partial charge in [-0.1, -0.05) is 34.9 Å². The number of nitrogens with zero attached hydrogens (tertiary/aromatic N) is 2. The summed E-state index contributed by atoms with van der Waals surface area (Å²) in [4.78, 5) is 10.7. The van der Waals surface area contributed by atoms with E-state index in [1.807, 2.05) is 19.1 Å². The zero-order chi connectivity index (χ0) is 18.1. The third kappa shape index (κ3) is 7.51. The minimum Gasteiger partial charge on any atom is -0.494 e. The van der Waals surface area contributed by atoms with Crippen LogP contribution in [0.25, 0.3) is 0 Å². The van der Waals surface area contributed by atoms with Crippen molar-refractivity contribution in [2.45, 2.75) is 21.7 Å². The Labute approximate surface area is 158 Å². The minimum absolute atomic E-state index is 0.178. The second-order valence-electron chi connectivity index (χ2n) is 4.77. The molecule has 2 aromatic rings. The topological polar surface area (TPSA) is 108 Å². The number of hydrogen-bond donors (Lipinski definition) is 2. The number of ether oxygens (including phenoxy) is 2. The number of nitrogens with two attached hydrogens (primary N) is 1. The number of primary amides is 1. The molecule has 0 saturated heterocycles. The molecular weight excluding hydrogens is 382 g/mol. The van der Waals surface area contributed by atoms with Crippen molar-refractivity contribution >= 4 is 40.8 Å². The van der Waals surface area contributed by atoms with Crippen molar-refractivity contribution in [2.24, 2.45) is 5.73 Å². The maximum atomic E-state index is 10.7. The molecule has 0 spiro atoms. The van der Waals surface area contributed by atoms with Crippen molar-refractivity contribution in [3.05, 3.63) is 24.3 Å². The lowest BCUT2D eigenvalue weighted by Gasteiger charge is -2.11. The summed E-state index contributed by atoms with van der Waals surface area (Å²) in [6, 6.07) is 7.26. The summed E-state index contributed by atoms with van der Waals surface area (Å²) >= 11 is 4.02. The highest BCUT2D eigenvalue weighted by molar-refractivity contribution is 8.03. The first-order valence-electron chi connectivity index (χ1n) is 7.48. The van der Waals surface area contributed by atoms with Crippen molar-refractivity contribution in [1.29, 1.82) is 0 Å². The zero-order valence-corrected chi connectivity index (χ0v) is 16.0. The van der Waals surface area contributed by atoms with Gasteiger partial charge in [0.15, 0.2) is 8.68 Å². The first-order chi connectivity index (χ1) is 12.1. The SMILES string of the molecule is CCOc1ccc(OCC(O)CSc2nnc(SCC(N)=O)s2)cc1. The van der Waals surface area contributed by atoms with E-state index in [9.17, 15) is 9.90 Å². The molecule has 0 fully saturated rings. The number of carbonyl (C=O) groups is 1. The molecule has 25 heavy (non-hydrogen) atoms. The van der Waals surface area contributed by atoms with Crippen LogP contribution in [0.1, 0.15) is 6.92 Å². The molecule has 1 atom stereocenters. The fourth-order valence-corrected chi connectivity index (χ4v) is 4.34. The Morgan fingerprint density at radius 3 is 2.40 bits per heavy atom. The van der Waals surface area contributed by atoms with E-state index in [4.69, 9.17) is 15.2 Å². The summed E-state index contributed by atoms with van der Waals surface area (Å²) in [5.74, 6) is 1.68. The van der Waals surface area contributed by atoms with E-state index >= 15 is 0 Å². The van der Waals surface area contributed by atoms with Gasteiger partial charge in [-0.25, -0.2) is 0 Å². The molecule has 136 valence electrons. The van der Waals surface area contributed by atoms with Gasteiger partial charge in [-0.15, -0.1) is 10.2 Å². The molecule has 0 aliphatic heterocycles. The molecule has 0 radical (unpaired) electrons. The Hall–Kier alpha value is -1.49. The number of aliphatic hydroxyl groups is 1. The number of rotatable bonds is 11. The van der Waals surface area contributed by atoms with Crippen LogP contribution < -0.4 is 15.2 Å². The summed E-state index contributed by atoms with van der Waals surface area (Å²) in [6.07, 6.45) is -0.637. The van der Waals surface area contributed by atoms with E-state index in [1.54, 1.807) is 12.1 Å². The van der Waals surface area contributed by atoms with Crippen LogP contribution in [0.2, 0.25) is 0 Å². The first-order valence-corrected chi connectivity index (χ1v) is 10.3. The highest BCUT2D eigenvalue weighted by Gasteiger charge is 2.11. The second-order valence-corrected chi connectivity index (χ2v) is 8.24. The van der Waals surface area contributed by atoms with Crippen LogP contribution in [0.15, 0.2) is 32.9 Å². The highest BCUT2D eigenvalue weighted by atomic mass is 32.2. The number of thioether (sulfide) groups is 2. The summed E-state index contributed by atoms with van der Waals surface area (Å²) in [6.45, 7) is 2.73. The third-order valence-corrected chi connectivity index (χ3v) is 6.06. The Bertz CT molecular complexity index is 666. The molecule has 7 nitrogen and oxygen atoms in total. The molecule has 1 heterocycles. The number of benzene rings is 1. The van der Waals surface area contributed by atoms with Gasteiger partial charge in [0, 0.05) is 5.75 Å². The molecule has 0 bridgehead atoms. The summed E-state index contributed by atoms with van der Waals surface area (Å²) in [7, 11) is 0. The molecule has 2 rings (SSSR count). The van der Waals surface area contributed by atoms with Crippen LogP contribution in [0.4, 0.5) is 0 Å². The van der Waals surface area contributed by atoms with Gasteiger partial charge >= 0.3 is 0 Å². The van der Waals surface area contributed by atoms with Crippen molar-refractivity contribution in [1.82, 2.24) is 10.2 Å². The minimum atomic E-state index is -0.637. The van der Waals surface area contributed by atoms with Crippen LogP contribution in [-0.2, 0) is 4.79 Å². The molecule has 0 aliphatic rings. The number of aromatic nitrogens is 2. The summed E-state index contributed by atoms with van der Waals surface area (Å²) < 4.78 is 12.3. The molecule has 3 N–H and O–H groups in total. The molecular formula is C15H19N3O4S3. The molecule has 0 aliphatic carbocycles. The monoisotopic (exact) mass is 401 g/mol. The van der Waals surface area contributed by atoms with Gasteiger partial charge < -0.3 is 20.3 Å². The van der Waals surface area contributed by atoms with Crippen LogP contribution in [0.5, 0.6) is 11.5 Å². The standard InChI is InChI=1S/C15H19N3O4S3/c1-2-21-11-3-5-12(6-4-11)22-7-10(19)8-23-14-17-18-15(25-14)24-9-13(16)20/h3-6,10,19H,2,7-9H2,1H3,(H2,16,20). The first kappa shape index (κ1) is 19.8. The Balaban J connectivity index is 1.69. The van der Waals surface area contributed by atoms with Crippen LogP contribution >= 0.6 is 34.9 Å². The van der Waals surface area contributed by atoms with Gasteiger partial charge in [0.1, 0.15) is 18.1 Å². The third-order valence-electron chi connectivity index (χ3n) is 2.70. The van der Waals surface area contributed by atoms with Crippen LogP contribution in [-0.4, -0.2) is 52.0 Å². The number of amides is 1. The summed E-state index contributed by atoms with van der Waals surface area (Å²) in [5, 5.41) is 18.0. The molecule has 1 aromatic heterocycles. The number of carbonyl (C=O) groups excluding carboxylic acids is 1. The molecule has 0 saturated carbocycles. The lowest BCUT2D eigenvalue weighted by molar-refractivity contribution is -0.115. The van der Waals surface area contributed by atoms with Gasteiger partial charge in [0.05, 0.1) is 18.5 Å². The zero-order valence-electron chi connectivity index (χ0n) is 13.6. The average Bonchev–Trinajstić information content (AvgIpc) is 3.06. The fourth-order valence-electron chi connectivity index (χ4n) is 1.65. The Morgan fingerprint density at radius 1 is 1.20 bits per heavy atom. The second kappa shape index (κ2) is 10.5. The smallest absolute Gasteiger partial charge is 0.227 e. The predicted octanol–water partition coefficient (Wildman–Crippen LogP) is 2.05. The van der Waals surface area contributed by atoms with Crippen molar-refractivity contribution in [3.63, 3.8) is 0 Å². The largest absolute Gasteiger partial charge is 0.494 e. The molecule has 1 amide bonds. The molecule has 1 aromatic carbocycles. The Morgan fingerprint density at radius 2 is 1.80 bits per heavy atom. The van der Waals surface area contributed by atoms with Crippen molar-refractivity contribution in [2.75, 3.05) is 24.7 Å². The predicted molar refractivity (Wildman–Crippen MR) is 99.7 cm³/mol. The molecule has 1 unspecified atom stereocenters. The van der Waals surface area contributed by atoms with E-state index in [0.717, 1.165) is 10.1 Å². The lowest BCUT2D eigenvalue weighted by atomic mass is 10.3. The van der Waals surface area contributed by atoms with Crippen molar-refractivity contribution in [3.8, 4) is 11.5 Å². The lowest BCUT2D eigenvalue weighted by Crippen LogP contribution is -2.20. The number of aliphatic hydroxyl groups excluding tert-OH is 1. The van der Waals surface area contributed by atoms with Gasteiger partial charge in [-0.3, -0.25) is 4.79 Å². The molecule has 10 heteroatoms. The summed E-state index contributed by atoms with van der Waals surface area (Å²) in [5.41, 5.74) is 5.09. The number of hydrogen-bond acceptors (Lipinski definition) is 9. The van der Waals surface area contributed by atoms with E-state index in [-0.39, 0.29) is 12.4 Å². The van der Waals surface area contributed by atoms with Gasteiger partial charge in [-0.2, -0.15) is 0 Å². The van der Waals surface area contributed by atoms with Crippen molar-refractivity contribution < 1.29 is 19.4 Å². The normalized spacial score (nSPS) is 11.9. The van der Waals surface area contributed by atoms with Gasteiger partial charge in [0.25, 0.3) is 0 Å². The Kier molecular flexibility index (Phi) is 8.32. The van der Waals surface area contributed by atoms with E-state index < -0.39 is 12.0 Å². The average molecular weight is 402 g/mol. The maximum absolute atomic E-state index is 10.7. The van der Waals surface area contributed by atoms with Crippen LogP contribution in [0, 0.1) is 0 Å². The highest BCUT2D eigenvalue weighted by Crippen LogP contribution is 2.29. The fraction of sp³-hybridized carbons (Fsp3) is 0.400.